The summed E-state index contributed by atoms with van der Waals surface area (Å²) < 4.78 is 2.07. The lowest BCUT2D eigenvalue weighted by Gasteiger charge is -2.31. The molecule has 0 aliphatic carbocycles. The van der Waals surface area contributed by atoms with Gasteiger partial charge >= 0.3 is 0 Å². The second-order valence-electron chi connectivity index (χ2n) is 7.03. The van der Waals surface area contributed by atoms with E-state index in [4.69, 9.17) is 0 Å². The molecule has 148 valence electrons. The first-order valence-corrected chi connectivity index (χ1v) is 10.7. The van der Waals surface area contributed by atoms with Crippen molar-refractivity contribution < 1.29 is 4.79 Å². The number of nitrogens with zero attached hydrogens (tertiary/aromatic N) is 4. The molecule has 0 spiro atoms. The average molecular weight is 405 g/mol. The van der Waals surface area contributed by atoms with Crippen molar-refractivity contribution in [3.63, 3.8) is 0 Å². The summed E-state index contributed by atoms with van der Waals surface area (Å²) in [6, 6.07) is 20.1. The molecule has 2 aromatic carbocycles. The highest BCUT2D eigenvalue weighted by molar-refractivity contribution is 8.00. The molecule has 1 fully saturated rings. The van der Waals surface area contributed by atoms with Crippen LogP contribution in [0.15, 0.2) is 78.5 Å². The van der Waals surface area contributed by atoms with Crippen LogP contribution in [0.3, 0.4) is 0 Å². The number of carbonyl (C=O) groups is 1. The van der Waals surface area contributed by atoms with Gasteiger partial charge in [-0.15, -0.1) is 16.8 Å². The highest BCUT2D eigenvalue weighted by atomic mass is 32.2. The number of anilines is 1. The number of amides is 1. The zero-order valence-corrected chi connectivity index (χ0v) is 17.1. The van der Waals surface area contributed by atoms with E-state index < -0.39 is 0 Å². The Labute approximate surface area is 175 Å². The molecule has 3 aromatic rings. The lowest BCUT2D eigenvalue weighted by Crippen LogP contribution is -2.43. The fourth-order valence-electron chi connectivity index (χ4n) is 3.57. The maximum absolute atomic E-state index is 13.1. The Morgan fingerprint density at radius 2 is 1.79 bits per heavy atom. The first kappa shape index (κ1) is 19.5. The fraction of sp³-hybridized carbons (Fsp3) is 0.261. The Kier molecular flexibility index (Phi) is 6.10. The summed E-state index contributed by atoms with van der Waals surface area (Å²) in [6.45, 7) is 5.27. The molecule has 1 amide bonds. The van der Waals surface area contributed by atoms with Gasteiger partial charge < -0.3 is 9.47 Å². The molecule has 1 aliphatic rings. The first-order chi connectivity index (χ1) is 14.3. The van der Waals surface area contributed by atoms with Gasteiger partial charge in [0.25, 0.3) is 0 Å². The Morgan fingerprint density at radius 1 is 1.07 bits per heavy atom. The quantitative estimate of drug-likeness (QED) is 0.550. The molecular weight excluding hydrogens is 380 g/mol. The van der Waals surface area contributed by atoms with Crippen LogP contribution in [0.25, 0.3) is 0 Å². The predicted molar refractivity (Wildman–Crippen MR) is 117 cm³/mol. The summed E-state index contributed by atoms with van der Waals surface area (Å²) >= 11 is 1.52. The second-order valence-corrected chi connectivity index (χ2v) is 8.20. The molecule has 29 heavy (non-hydrogen) atoms. The van der Waals surface area contributed by atoms with E-state index in [9.17, 15) is 4.79 Å². The van der Waals surface area contributed by atoms with Crippen LogP contribution in [0.5, 0.6) is 0 Å². The summed E-state index contributed by atoms with van der Waals surface area (Å²) in [5.41, 5.74) is 2.14. The largest absolute Gasteiger partial charge is 0.311 e. The Morgan fingerprint density at radius 3 is 2.52 bits per heavy atom. The minimum atomic E-state index is -0.152. The third-order valence-electron chi connectivity index (χ3n) is 5.02. The number of hydrogen-bond donors (Lipinski definition) is 0. The van der Waals surface area contributed by atoms with Crippen molar-refractivity contribution >= 4 is 23.4 Å². The second kappa shape index (κ2) is 9.09. The van der Waals surface area contributed by atoms with Gasteiger partial charge in [-0.1, -0.05) is 66.4 Å². The van der Waals surface area contributed by atoms with Gasteiger partial charge in [0, 0.05) is 25.2 Å². The number of aromatic nitrogens is 3. The molecular formula is C23H24N4OS. The van der Waals surface area contributed by atoms with Crippen molar-refractivity contribution in [2.45, 2.75) is 36.2 Å². The van der Waals surface area contributed by atoms with Gasteiger partial charge in [0.05, 0.1) is 5.25 Å². The molecule has 0 bridgehead atoms. The van der Waals surface area contributed by atoms with E-state index in [0.717, 1.165) is 36.1 Å². The maximum Gasteiger partial charge on any atom is 0.240 e. The number of thioether (sulfide) groups is 1. The molecule has 0 radical (unpaired) electrons. The van der Waals surface area contributed by atoms with Crippen molar-refractivity contribution in [3.8, 4) is 0 Å². The van der Waals surface area contributed by atoms with Crippen LogP contribution in [0.2, 0.25) is 0 Å². The third kappa shape index (κ3) is 4.43. The van der Waals surface area contributed by atoms with Crippen molar-refractivity contribution in [2.24, 2.45) is 0 Å². The summed E-state index contributed by atoms with van der Waals surface area (Å²) in [5.74, 6) is 1.03. The smallest absolute Gasteiger partial charge is 0.240 e. The Bertz CT molecular complexity index is 971. The normalized spacial score (nSPS) is 16.8. The number of carbonyl (C=O) groups excluding carboxylic acids is 1. The van der Waals surface area contributed by atoms with E-state index in [-0.39, 0.29) is 11.2 Å². The van der Waals surface area contributed by atoms with Gasteiger partial charge in [-0.3, -0.25) is 4.79 Å². The maximum atomic E-state index is 13.1. The molecule has 0 saturated carbocycles. The van der Waals surface area contributed by atoms with Gasteiger partial charge in [-0.2, -0.15) is 0 Å². The van der Waals surface area contributed by atoms with E-state index in [1.807, 2.05) is 59.5 Å². The molecule has 1 unspecified atom stereocenters. The summed E-state index contributed by atoms with van der Waals surface area (Å²) in [4.78, 5) is 15.0. The van der Waals surface area contributed by atoms with E-state index >= 15 is 0 Å². The minimum Gasteiger partial charge on any atom is -0.311 e. The molecule has 2 heterocycles. The molecule has 1 saturated heterocycles. The molecule has 5 nitrogen and oxygen atoms in total. The summed E-state index contributed by atoms with van der Waals surface area (Å²) in [5, 5.41) is 9.46. The van der Waals surface area contributed by atoms with Gasteiger partial charge in [0.1, 0.15) is 5.82 Å². The Hall–Kier alpha value is -2.86. The van der Waals surface area contributed by atoms with Crippen molar-refractivity contribution in [2.75, 3.05) is 11.4 Å². The van der Waals surface area contributed by atoms with Gasteiger partial charge in [-0.05, 0) is 30.5 Å². The topological polar surface area (TPSA) is 51.0 Å². The third-order valence-corrected chi connectivity index (χ3v) is 6.25. The summed E-state index contributed by atoms with van der Waals surface area (Å²) in [7, 11) is 0. The number of para-hydroxylation sites is 1. The predicted octanol–water partition coefficient (Wildman–Crippen LogP) is 4.34. The Balaban J connectivity index is 1.54. The number of benzene rings is 2. The molecule has 4 rings (SSSR count). The average Bonchev–Trinajstić information content (AvgIpc) is 3.12. The highest BCUT2D eigenvalue weighted by Crippen LogP contribution is 2.32. The number of rotatable bonds is 7. The zero-order valence-electron chi connectivity index (χ0n) is 16.3. The van der Waals surface area contributed by atoms with Crippen molar-refractivity contribution in [1.82, 2.24) is 14.8 Å². The first-order valence-electron chi connectivity index (χ1n) is 9.86. The lowest BCUT2D eigenvalue weighted by atomic mass is 10.1. The summed E-state index contributed by atoms with van der Waals surface area (Å²) in [6.07, 6.45) is 4.38. The SMILES string of the molecule is C=CCn1c(Cc2ccccc2)nnc1SC1CCCN(c2ccccc2)C1=O. The number of hydrogen-bond acceptors (Lipinski definition) is 4. The van der Waals surface area contributed by atoms with E-state index in [1.165, 1.54) is 17.3 Å². The standard InChI is InChI=1S/C23H24N4OS/c1-2-15-27-21(17-18-10-5-3-6-11-18)24-25-23(27)29-20-14-9-16-26(22(20)28)19-12-7-4-8-13-19/h2-8,10-13,20H,1,9,14-17H2. The fourth-order valence-corrected chi connectivity index (χ4v) is 4.73. The number of allylic oxidation sites excluding steroid dienone is 1. The van der Waals surface area contributed by atoms with Crippen LogP contribution in [-0.2, 0) is 17.8 Å². The van der Waals surface area contributed by atoms with Crippen LogP contribution >= 0.6 is 11.8 Å². The lowest BCUT2D eigenvalue weighted by molar-refractivity contribution is -0.119. The van der Waals surface area contributed by atoms with Gasteiger partial charge in [-0.25, -0.2) is 0 Å². The number of piperidine rings is 1. The van der Waals surface area contributed by atoms with Crippen LogP contribution < -0.4 is 4.90 Å². The molecule has 1 aliphatic heterocycles. The van der Waals surface area contributed by atoms with E-state index in [2.05, 4.69) is 33.5 Å². The van der Waals surface area contributed by atoms with Crippen molar-refractivity contribution in [1.29, 1.82) is 0 Å². The van der Waals surface area contributed by atoms with E-state index in [0.29, 0.717) is 13.0 Å². The van der Waals surface area contributed by atoms with Crippen molar-refractivity contribution in [3.05, 3.63) is 84.7 Å². The highest BCUT2D eigenvalue weighted by Gasteiger charge is 2.32. The van der Waals surface area contributed by atoms with Gasteiger partial charge in [0.15, 0.2) is 5.16 Å². The van der Waals surface area contributed by atoms with Crippen LogP contribution in [0.1, 0.15) is 24.2 Å². The van der Waals surface area contributed by atoms with Crippen LogP contribution in [-0.4, -0.2) is 32.5 Å². The monoisotopic (exact) mass is 404 g/mol. The molecule has 1 atom stereocenters. The molecule has 1 aromatic heterocycles. The van der Waals surface area contributed by atoms with E-state index in [1.54, 1.807) is 0 Å². The zero-order chi connectivity index (χ0) is 20.1. The molecule has 0 N–H and O–H groups in total. The van der Waals surface area contributed by atoms with Gasteiger partial charge in [0.2, 0.25) is 5.91 Å². The van der Waals surface area contributed by atoms with Crippen LogP contribution in [0.4, 0.5) is 5.69 Å². The minimum absolute atomic E-state index is 0.144. The van der Waals surface area contributed by atoms with Crippen LogP contribution in [0, 0.1) is 0 Å². The molecule has 6 heteroatoms.